The van der Waals surface area contributed by atoms with E-state index >= 15 is 0 Å². The van der Waals surface area contributed by atoms with Crippen molar-refractivity contribution in [3.05, 3.63) is 90.2 Å². The molecule has 0 fully saturated rings. The van der Waals surface area contributed by atoms with Gasteiger partial charge in [-0.1, -0.05) is 36.4 Å². The first-order valence-corrected chi connectivity index (χ1v) is 11.0. The van der Waals surface area contributed by atoms with E-state index in [-0.39, 0.29) is 11.4 Å². The third-order valence-electron chi connectivity index (χ3n) is 4.76. The molecule has 0 unspecified atom stereocenters. The Labute approximate surface area is 181 Å². The third kappa shape index (κ3) is 5.21. The molecule has 3 rings (SSSR count). The summed E-state index contributed by atoms with van der Waals surface area (Å²) in [6.45, 7) is -0.415. The van der Waals surface area contributed by atoms with Crippen LogP contribution in [-0.4, -0.2) is 39.9 Å². The van der Waals surface area contributed by atoms with Gasteiger partial charge in [0.25, 0.3) is 10.0 Å². The van der Waals surface area contributed by atoms with Crippen molar-refractivity contribution < 1.29 is 22.3 Å². The Hall–Kier alpha value is -3.39. The molecule has 8 heteroatoms. The number of hydrogen-bond acceptors (Lipinski definition) is 4. The number of ether oxygens (including phenoxy) is 1. The van der Waals surface area contributed by atoms with Gasteiger partial charge in [0.05, 0.1) is 17.7 Å². The summed E-state index contributed by atoms with van der Waals surface area (Å²) in [6, 6.07) is 20.4. The number of benzene rings is 3. The Morgan fingerprint density at radius 1 is 0.935 bits per heavy atom. The summed E-state index contributed by atoms with van der Waals surface area (Å²) in [5.74, 6) is -0.339. The third-order valence-corrected chi connectivity index (χ3v) is 6.55. The van der Waals surface area contributed by atoms with Crippen LogP contribution in [0.1, 0.15) is 5.56 Å². The first-order valence-electron chi connectivity index (χ1n) is 9.52. The highest BCUT2D eigenvalue weighted by atomic mass is 32.2. The van der Waals surface area contributed by atoms with E-state index in [2.05, 4.69) is 0 Å². The predicted octanol–water partition coefficient (Wildman–Crippen LogP) is 3.69. The maximum absolute atomic E-state index is 14.0. The fourth-order valence-corrected chi connectivity index (χ4v) is 4.43. The molecule has 162 valence electrons. The van der Waals surface area contributed by atoms with E-state index in [0.717, 1.165) is 4.31 Å². The number of nitrogens with zero attached hydrogens (tertiary/aromatic N) is 2. The van der Waals surface area contributed by atoms with Gasteiger partial charge in [-0.3, -0.25) is 9.10 Å². The van der Waals surface area contributed by atoms with Gasteiger partial charge >= 0.3 is 0 Å². The number of amides is 1. The zero-order valence-corrected chi connectivity index (χ0v) is 18.0. The number of rotatable bonds is 8. The smallest absolute Gasteiger partial charge is 0.264 e. The lowest BCUT2D eigenvalue weighted by atomic mass is 10.2. The minimum atomic E-state index is -4.01. The Balaban J connectivity index is 1.90. The lowest BCUT2D eigenvalue weighted by Gasteiger charge is -2.27. The summed E-state index contributed by atoms with van der Waals surface area (Å²) in [7, 11) is -0.994. The number of sulfonamides is 1. The topological polar surface area (TPSA) is 66.9 Å². The summed E-state index contributed by atoms with van der Waals surface area (Å²) in [5, 5.41) is 0. The van der Waals surface area contributed by atoms with Crippen molar-refractivity contribution in [2.75, 3.05) is 25.0 Å². The van der Waals surface area contributed by atoms with Crippen LogP contribution in [0.25, 0.3) is 0 Å². The minimum Gasteiger partial charge on any atom is -0.497 e. The minimum absolute atomic E-state index is 0.0212. The van der Waals surface area contributed by atoms with E-state index in [1.54, 1.807) is 60.7 Å². The van der Waals surface area contributed by atoms with Crippen LogP contribution in [0.2, 0.25) is 0 Å². The molecule has 6 nitrogen and oxygen atoms in total. The van der Waals surface area contributed by atoms with Gasteiger partial charge in [0, 0.05) is 19.2 Å². The molecule has 0 bridgehead atoms. The first kappa shape index (κ1) is 22.3. The van der Waals surface area contributed by atoms with Crippen molar-refractivity contribution in [3.8, 4) is 5.75 Å². The number of carbonyl (C=O) groups excluding carboxylic acids is 1. The van der Waals surface area contributed by atoms with Crippen molar-refractivity contribution in [3.63, 3.8) is 0 Å². The van der Waals surface area contributed by atoms with Crippen molar-refractivity contribution in [1.29, 1.82) is 0 Å². The molecule has 3 aromatic carbocycles. The molecule has 0 saturated carbocycles. The van der Waals surface area contributed by atoms with E-state index in [1.807, 2.05) is 0 Å². The van der Waals surface area contributed by atoms with E-state index in [9.17, 15) is 17.6 Å². The van der Waals surface area contributed by atoms with E-state index in [1.165, 1.54) is 37.3 Å². The first-order chi connectivity index (χ1) is 14.8. The van der Waals surface area contributed by atoms with Gasteiger partial charge in [0.1, 0.15) is 18.1 Å². The average Bonchev–Trinajstić information content (AvgIpc) is 2.79. The Bertz CT molecular complexity index is 1140. The lowest BCUT2D eigenvalue weighted by molar-refractivity contribution is -0.128. The Kier molecular flexibility index (Phi) is 6.91. The maximum Gasteiger partial charge on any atom is 0.264 e. The fraction of sp³-hybridized carbons (Fsp3) is 0.174. The largest absolute Gasteiger partial charge is 0.497 e. The fourth-order valence-electron chi connectivity index (χ4n) is 3.00. The quantitative estimate of drug-likeness (QED) is 0.534. The normalized spacial score (nSPS) is 11.1. The van der Waals surface area contributed by atoms with Gasteiger partial charge in [-0.05, 0) is 42.5 Å². The van der Waals surface area contributed by atoms with Gasteiger partial charge in [-0.2, -0.15) is 0 Å². The number of likely N-dealkylation sites (N-methyl/N-ethyl adjacent to an activating group) is 1. The average molecular weight is 443 g/mol. The second kappa shape index (κ2) is 9.61. The lowest BCUT2D eigenvalue weighted by Crippen LogP contribution is -2.41. The van der Waals surface area contributed by atoms with E-state index in [4.69, 9.17) is 4.74 Å². The van der Waals surface area contributed by atoms with Gasteiger partial charge in [-0.25, -0.2) is 12.8 Å². The standard InChI is InChI=1S/C23H23FN2O4S/c1-25(16-18-8-6-7-11-22(18)24)23(27)17-26(19-12-14-20(30-2)15-13-19)31(28,29)21-9-4-3-5-10-21/h3-15H,16-17H2,1-2H3. The zero-order valence-electron chi connectivity index (χ0n) is 17.2. The number of anilines is 1. The summed E-state index contributed by atoms with van der Waals surface area (Å²) in [6.07, 6.45) is 0. The molecule has 0 aliphatic rings. The van der Waals surface area contributed by atoms with Crippen LogP contribution in [0.15, 0.2) is 83.8 Å². The molecule has 0 saturated heterocycles. The van der Waals surface area contributed by atoms with Crippen molar-refractivity contribution in [2.24, 2.45) is 0 Å². The predicted molar refractivity (Wildman–Crippen MR) is 117 cm³/mol. The van der Waals surface area contributed by atoms with Crippen LogP contribution < -0.4 is 9.04 Å². The number of halogens is 1. The molecule has 1 amide bonds. The van der Waals surface area contributed by atoms with Crippen LogP contribution in [0, 0.1) is 5.82 Å². The highest BCUT2D eigenvalue weighted by Crippen LogP contribution is 2.26. The molecule has 3 aromatic rings. The van der Waals surface area contributed by atoms with Gasteiger partial charge in [-0.15, -0.1) is 0 Å². The molecule has 0 aliphatic carbocycles. The van der Waals surface area contributed by atoms with Gasteiger partial charge in [0.15, 0.2) is 0 Å². The van der Waals surface area contributed by atoms with Crippen LogP contribution in [-0.2, 0) is 21.4 Å². The highest BCUT2D eigenvalue weighted by Gasteiger charge is 2.28. The number of hydrogen-bond donors (Lipinski definition) is 0. The van der Waals surface area contributed by atoms with Crippen LogP contribution >= 0.6 is 0 Å². The van der Waals surface area contributed by atoms with Crippen molar-refractivity contribution >= 4 is 21.6 Å². The molecule has 0 atom stereocenters. The second-order valence-electron chi connectivity index (χ2n) is 6.86. The molecule has 0 radical (unpaired) electrons. The van der Waals surface area contributed by atoms with Crippen LogP contribution in [0.3, 0.4) is 0 Å². The summed E-state index contributed by atoms with van der Waals surface area (Å²) in [5.41, 5.74) is 0.664. The Morgan fingerprint density at radius 2 is 1.55 bits per heavy atom. The van der Waals surface area contributed by atoms with E-state index < -0.39 is 28.3 Å². The monoisotopic (exact) mass is 442 g/mol. The molecular weight excluding hydrogens is 419 g/mol. The summed E-state index contributed by atoms with van der Waals surface area (Å²) in [4.78, 5) is 14.3. The molecule has 31 heavy (non-hydrogen) atoms. The van der Waals surface area contributed by atoms with Crippen LogP contribution in [0.5, 0.6) is 5.75 Å². The zero-order chi connectivity index (χ0) is 22.4. The second-order valence-corrected chi connectivity index (χ2v) is 8.73. The summed E-state index contributed by atoms with van der Waals surface area (Å²) < 4.78 is 46.8. The summed E-state index contributed by atoms with van der Waals surface area (Å²) >= 11 is 0. The van der Waals surface area contributed by atoms with E-state index in [0.29, 0.717) is 17.0 Å². The molecule has 0 spiro atoms. The Morgan fingerprint density at radius 3 is 2.16 bits per heavy atom. The molecule has 0 heterocycles. The van der Waals surface area contributed by atoms with Gasteiger partial charge < -0.3 is 9.64 Å². The highest BCUT2D eigenvalue weighted by molar-refractivity contribution is 7.92. The van der Waals surface area contributed by atoms with Crippen molar-refractivity contribution in [1.82, 2.24) is 4.90 Å². The van der Waals surface area contributed by atoms with Crippen LogP contribution in [0.4, 0.5) is 10.1 Å². The van der Waals surface area contributed by atoms with Crippen molar-refractivity contribution in [2.45, 2.75) is 11.4 Å². The molecule has 0 aliphatic heterocycles. The maximum atomic E-state index is 14.0. The molecule has 0 aromatic heterocycles. The number of methoxy groups -OCH3 is 1. The number of carbonyl (C=O) groups is 1. The molecular formula is C23H23FN2O4S. The molecule has 0 N–H and O–H groups in total. The van der Waals surface area contributed by atoms with Gasteiger partial charge in [0.2, 0.25) is 5.91 Å². The SMILES string of the molecule is COc1ccc(N(CC(=O)N(C)Cc2ccccc2F)S(=O)(=O)c2ccccc2)cc1.